The number of nitrogens with zero attached hydrogens (tertiary/aromatic N) is 2. The number of ether oxygens (including phenoxy) is 3. The molecule has 7 atom stereocenters. The van der Waals surface area contributed by atoms with Crippen LogP contribution >= 0.6 is 0 Å². The Bertz CT molecular complexity index is 3930. The summed E-state index contributed by atoms with van der Waals surface area (Å²) in [5, 5.41) is 12.8. The number of fused-ring (bicyclic) bond motifs is 9. The predicted molar refractivity (Wildman–Crippen MR) is 355 cm³/mol. The van der Waals surface area contributed by atoms with Gasteiger partial charge < -0.3 is 45.3 Å². The molecule has 478 valence electrons. The standard InChI is InChI=1S/C78H82N6O9/c1-78(2,3)71(82-77(90)93-46-65-62-30-14-10-26-58(62)59-27-11-15-31-63(59)65)75(88)84-44-53(42-69(84)73(86)80-67-33-17-21-48-19-5-7-23-55(48)67)50-34-35-51-41-68(72(85)79-66-32-16-20-47-18-4-6-22-54(47)66)83(43-52(51)40-50)74(87)70(49-36-38-91-39-37-49)81-76(89)92-45-64-60-28-12-8-24-56(60)57-25-9-13-29-61(57)64/h4-15,18-19,22-31,34-35,40,49,53,64-71H,16-17,20-21,32-33,36-39,41-46H2,1-3H3,(H,79,85)(H,80,86)(H,81,89)(H,82,90)/t53-,66+,67+,68-,69-,70-,71+/m0/s1. The highest BCUT2D eigenvalue weighted by atomic mass is 16.6. The largest absolute Gasteiger partial charge is 0.449 e. The van der Waals surface area contributed by atoms with Crippen molar-refractivity contribution in [3.05, 3.63) is 225 Å². The van der Waals surface area contributed by atoms with E-state index < -0.39 is 47.7 Å². The maximum absolute atomic E-state index is 15.9. The molecule has 2 saturated heterocycles. The molecule has 15 heteroatoms. The van der Waals surface area contributed by atoms with Crippen molar-refractivity contribution in [3.8, 4) is 22.3 Å². The summed E-state index contributed by atoms with van der Waals surface area (Å²) in [5.74, 6) is -2.35. The molecule has 0 bridgehead atoms. The van der Waals surface area contributed by atoms with E-state index in [1.807, 2.05) is 106 Å². The van der Waals surface area contributed by atoms with E-state index >= 15 is 19.2 Å². The molecule has 93 heavy (non-hydrogen) atoms. The fourth-order valence-electron chi connectivity index (χ4n) is 16.2. The van der Waals surface area contributed by atoms with E-state index in [2.05, 4.69) is 100 Å². The summed E-state index contributed by atoms with van der Waals surface area (Å²) in [4.78, 5) is 93.7. The third-order valence-electron chi connectivity index (χ3n) is 21.0. The zero-order valence-electron chi connectivity index (χ0n) is 53.2. The summed E-state index contributed by atoms with van der Waals surface area (Å²) in [6.07, 6.45) is 5.25. The smallest absolute Gasteiger partial charge is 0.407 e. The van der Waals surface area contributed by atoms with Gasteiger partial charge in [-0.05, 0) is 153 Å². The molecule has 14 rings (SSSR count). The van der Waals surface area contributed by atoms with Gasteiger partial charge in [0.25, 0.3) is 0 Å². The van der Waals surface area contributed by atoms with Gasteiger partial charge in [0.2, 0.25) is 23.6 Å². The molecule has 15 nitrogen and oxygen atoms in total. The summed E-state index contributed by atoms with van der Waals surface area (Å²) in [6.45, 7) is 6.89. The second kappa shape index (κ2) is 26.1. The van der Waals surface area contributed by atoms with Crippen LogP contribution in [0.25, 0.3) is 22.3 Å². The first-order valence-corrected chi connectivity index (χ1v) is 33.5. The summed E-state index contributed by atoms with van der Waals surface area (Å²) >= 11 is 0. The molecule has 7 aromatic carbocycles. The van der Waals surface area contributed by atoms with Gasteiger partial charge in [0.1, 0.15) is 37.4 Å². The molecule has 7 aliphatic rings. The fourth-order valence-corrected chi connectivity index (χ4v) is 16.2. The normalized spacial score (nSPS) is 21.3. The number of nitrogens with one attached hydrogen (secondary N) is 4. The molecule has 0 spiro atoms. The van der Waals surface area contributed by atoms with Crippen LogP contribution in [0.15, 0.2) is 164 Å². The number of rotatable bonds is 14. The number of amides is 6. The summed E-state index contributed by atoms with van der Waals surface area (Å²) < 4.78 is 18.0. The van der Waals surface area contributed by atoms with Crippen LogP contribution in [0.4, 0.5) is 9.59 Å². The van der Waals surface area contributed by atoms with Gasteiger partial charge >= 0.3 is 12.2 Å². The molecule has 0 radical (unpaired) electrons. The maximum atomic E-state index is 15.9. The van der Waals surface area contributed by atoms with Crippen LogP contribution in [-0.4, -0.2) is 103 Å². The highest BCUT2D eigenvalue weighted by Crippen LogP contribution is 2.47. The lowest BCUT2D eigenvalue weighted by molar-refractivity contribution is -0.145. The van der Waals surface area contributed by atoms with Gasteiger partial charge in [-0.1, -0.05) is 185 Å². The number of hydrogen-bond acceptors (Lipinski definition) is 9. The van der Waals surface area contributed by atoms with E-state index in [0.717, 1.165) is 111 Å². The van der Waals surface area contributed by atoms with Gasteiger partial charge in [0.05, 0.1) is 12.1 Å². The zero-order valence-corrected chi connectivity index (χ0v) is 53.2. The van der Waals surface area contributed by atoms with Crippen molar-refractivity contribution in [3.63, 3.8) is 0 Å². The second-order valence-electron chi connectivity index (χ2n) is 27.6. The van der Waals surface area contributed by atoms with E-state index in [9.17, 15) is 9.59 Å². The number of benzene rings is 7. The molecule has 4 aliphatic carbocycles. The number of likely N-dealkylation sites (tertiary alicyclic amines) is 1. The average Bonchev–Trinajstić information content (AvgIpc) is 1.69. The SMILES string of the molecule is CC(C)(C)[C@H](NC(=O)OCC1c2ccccc2-c2ccccc21)C(=O)N1C[C@@H](c2ccc3c(c2)CN(C(=O)[C@@H](NC(=O)OCC2c4ccccc4-c4ccccc42)C2CCOCC2)[C@H](C(=O)N[C@@H]2CCCc4ccccc42)C3)C[C@H]1C(=O)N[C@@H]1CCCc2ccccc21. The van der Waals surface area contributed by atoms with Gasteiger partial charge in [-0.25, -0.2) is 9.59 Å². The number of carbonyl (C=O) groups excluding carboxylic acids is 6. The van der Waals surface area contributed by atoms with E-state index in [-0.39, 0.29) is 86.2 Å². The second-order valence-corrected chi connectivity index (χ2v) is 27.6. The molecule has 2 fully saturated rings. The molecule has 4 N–H and O–H groups in total. The van der Waals surface area contributed by atoms with Gasteiger partial charge in [0.15, 0.2) is 0 Å². The minimum absolute atomic E-state index is 0.0595. The first-order valence-electron chi connectivity index (χ1n) is 33.5. The molecule has 6 amide bonds. The fraction of sp³-hybridized carbons (Fsp3) is 0.385. The van der Waals surface area contributed by atoms with Crippen molar-refractivity contribution >= 4 is 35.8 Å². The van der Waals surface area contributed by atoms with Crippen molar-refractivity contribution < 1.29 is 43.0 Å². The van der Waals surface area contributed by atoms with Crippen molar-refractivity contribution in [2.45, 2.75) is 146 Å². The Labute approximate surface area is 544 Å². The molecule has 3 heterocycles. The first kappa shape index (κ1) is 61.4. The summed E-state index contributed by atoms with van der Waals surface area (Å²) in [5.41, 5.74) is 15.0. The van der Waals surface area contributed by atoms with Crippen LogP contribution in [0.5, 0.6) is 0 Å². The summed E-state index contributed by atoms with van der Waals surface area (Å²) in [7, 11) is 0. The number of aryl methyl sites for hydroxylation is 2. The van der Waals surface area contributed by atoms with E-state index in [1.54, 1.807) is 9.80 Å². The quantitative estimate of drug-likeness (QED) is 0.0823. The molecular formula is C78H82N6O9. The van der Waals surface area contributed by atoms with Gasteiger partial charge in [-0.15, -0.1) is 0 Å². The van der Waals surface area contributed by atoms with Gasteiger partial charge in [0, 0.05) is 50.5 Å². The molecular weight excluding hydrogens is 1160 g/mol. The zero-order chi connectivity index (χ0) is 63.9. The van der Waals surface area contributed by atoms with E-state index in [4.69, 9.17) is 14.2 Å². The molecule has 3 aliphatic heterocycles. The number of hydrogen-bond donors (Lipinski definition) is 4. The number of carbonyl (C=O) groups is 6. The van der Waals surface area contributed by atoms with E-state index in [1.165, 1.54) is 11.1 Å². The maximum Gasteiger partial charge on any atom is 0.407 e. The van der Waals surface area contributed by atoms with Crippen LogP contribution < -0.4 is 21.3 Å². The molecule has 0 aromatic heterocycles. The monoisotopic (exact) mass is 1250 g/mol. The highest BCUT2D eigenvalue weighted by molar-refractivity contribution is 5.94. The third-order valence-corrected chi connectivity index (χ3v) is 21.0. The van der Waals surface area contributed by atoms with Crippen LogP contribution in [0.1, 0.15) is 157 Å². The van der Waals surface area contributed by atoms with Gasteiger partial charge in [-0.3, -0.25) is 19.2 Å². The molecule has 0 unspecified atom stereocenters. The number of alkyl carbamates (subject to hydrolysis) is 2. The minimum Gasteiger partial charge on any atom is -0.449 e. The Morgan fingerprint density at radius 2 is 0.989 bits per heavy atom. The van der Waals surface area contributed by atoms with Crippen molar-refractivity contribution in [1.82, 2.24) is 31.1 Å². The highest BCUT2D eigenvalue weighted by Gasteiger charge is 2.48. The Hall–Kier alpha value is -9.08. The van der Waals surface area contributed by atoms with Crippen LogP contribution in [-0.2, 0) is 59.2 Å². The molecule has 0 saturated carbocycles. The first-order chi connectivity index (χ1) is 45.2. The van der Waals surface area contributed by atoms with E-state index in [0.29, 0.717) is 32.5 Å². The predicted octanol–water partition coefficient (Wildman–Crippen LogP) is 12.3. The lowest BCUT2D eigenvalue weighted by Crippen LogP contribution is -2.60. The van der Waals surface area contributed by atoms with Crippen molar-refractivity contribution in [2.75, 3.05) is 33.0 Å². The average molecular weight is 1250 g/mol. The van der Waals surface area contributed by atoms with Crippen molar-refractivity contribution in [2.24, 2.45) is 11.3 Å². The third kappa shape index (κ3) is 12.3. The Morgan fingerprint density at radius 3 is 1.51 bits per heavy atom. The minimum atomic E-state index is -1.07. The lowest BCUT2D eigenvalue weighted by Gasteiger charge is -2.41. The van der Waals surface area contributed by atoms with Crippen LogP contribution in [0.2, 0.25) is 0 Å². The van der Waals surface area contributed by atoms with Crippen LogP contribution in [0.3, 0.4) is 0 Å². The topological polar surface area (TPSA) is 185 Å². The molecule has 7 aromatic rings. The Kier molecular flexibility index (Phi) is 17.3. The summed E-state index contributed by atoms with van der Waals surface area (Å²) in [6, 6.07) is 50.7. The van der Waals surface area contributed by atoms with Crippen molar-refractivity contribution in [1.29, 1.82) is 0 Å². The lowest BCUT2D eigenvalue weighted by atomic mass is 9.85. The van der Waals surface area contributed by atoms with Crippen LogP contribution in [0, 0.1) is 11.3 Å². The van der Waals surface area contributed by atoms with Gasteiger partial charge in [-0.2, -0.15) is 0 Å². The Balaban J connectivity index is 0.750. The Morgan fingerprint density at radius 1 is 0.516 bits per heavy atom.